The smallest absolute Gasteiger partial charge is 0.213 e. The molecule has 0 amide bonds. The number of fused-ring (bicyclic) bond motifs is 3. The minimum atomic E-state index is 0.181. The third-order valence-corrected chi connectivity index (χ3v) is 9.20. The van der Waals surface area contributed by atoms with Gasteiger partial charge < -0.3 is 23.9 Å². The molecule has 3 aromatic heterocycles. The second kappa shape index (κ2) is 9.88. The molecular formula is C32H37N3O4. The molecule has 4 aliphatic rings. The van der Waals surface area contributed by atoms with Gasteiger partial charge >= 0.3 is 0 Å². The molecule has 8 rings (SSSR count). The molecule has 0 spiro atoms. The van der Waals surface area contributed by atoms with Crippen molar-refractivity contribution < 1.29 is 19.3 Å². The van der Waals surface area contributed by atoms with Gasteiger partial charge in [-0.1, -0.05) is 12.1 Å². The Bertz CT molecular complexity index is 1450. The van der Waals surface area contributed by atoms with Crippen molar-refractivity contribution in [3.8, 4) is 17.0 Å². The maximum absolute atomic E-state index is 8.86. The fraction of sp³-hybridized carbons (Fsp3) is 0.500. The van der Waals surface area contributed by atoms with E-state index in [1.165, 1.54) is 41.1 Å². The van der Waals surface area contributed by atoms with Crippen LogP contribution in [0.4, 0.5) is 0 Å². The summed E-state index contributed by atoms with van der Waals surface area (Å²) in [5.41, 5.74) is 5.42. The molecule has 0 radical (unpaired) electrons. The van der Waals surface area contributed by atoms with Crippen LogP contribution in [-0.2, 0) is 16.5 Å². The van der Waals surface area contributed by atoms with Gasteiger partial charge in [-0.25, -0.2) is 4.98 Å². The van der Waals surface area contributed by atoms with Crippen molar-refractivity contribution in [2.24, 2.45) is 17.9 Å². The Morgan fingerprint density at radius 1 is 0.897 bits per heavy atom. The van der Waals surface area contributed by atoms with Crippen LogP contribution < -0.4 is 4.74 Å². The molecule has 7 heteroatoms. The van der Waals surface area contributed by atoms with Gasteiger partial charge in [0.2, 0.25) is 5.88 Å². The lowest BCUT2D eigenvalue weighted by Gasteiger charge is -2.70. The number of benzene rings is 1. The number of aliphatic hydroxyl groups is 1. The van der Waals surface area contributed by atoms with Crippen molar-refractivity contribution in [2.45, 2.75) is 57.2 Å². The first-order valence-electron chi connectivity index (χ1n) is 14.3. The maximum atomic E-state index is 8.86. The first kappa shape index (κ1) is 25.0. The summed E-state index contributed by atoms with van der Waals surface area (Å²) in [6.45, 7) is 2.78. The monoisotopic (exact) mass is 527 g/mol. The zero-order valence-corrected chi connectivity index (χ0v) is 22.6. The second-order valence-electron chi connectivity index (χ2n) is 12.2. The van der Waals surface area contributed by atoms with E-state index in [1.807, 2.05) is 24.7 Å². The average Bonchev–Trinajstić information content (AvgIpc) is 3.18. The molecule has 0 unspecified atom stereocenters. The Hall–Kier alpha value is -3.00. The van der Waals surface area contributed by atoms with E-state index >= 15 is 0 Å². The summed E-state index contributed by atoms with van der Waals surface area (Å²) in [6.07, 6.45) is 13.6. The number of ether oxygens (including phenoxy) is 3. The lowest BCUT2D eigenvalue weighted by atomic mass is 9.35. The molecule has 1 aromatic carbocycles. The minimum absolute atomic E-state index is 0.181. The highest BCUT2D eigenvalue weighted by Crippen LogP contribution is 2.73. The largest absolute Gasteiger partial charge is 0.474 e. The van der Waals surface area contributed by atoms with Crippen LogP contribution in [0.3, 0.4) is 0 Å². The van der Waals surface area contributed by atoms with Gasteiger partial charge in [0.15, 0.2) is 0 Å². The Morgan fingerprint density at radius 3 is 2.51 bits per heavy atom. The third-order valence-electron chi connectivity index (χ3n) is 9.20. The van der Waals surface area contributed by atoms with Gasteiger partial charge in [-0.2, -0.15) is 0 Å². The van der Waals surface area contributed by atoms with Crippen LogP contribution in [0.2, 0.25) is 0 Å². The molecule has 3 heterocycles. The molecule has 0 saturated heterocycles. The number of nitrogens with zero attached hydrogens (tertiary/aromatic N) is 3. The number of hydrogen-bond acceptors (Lipinski definition) is 6. The fourth-order valence-electron chi connectivity index (χ4n) is 7.21. The van der Waals surface area contributed by atoms with E-state index in [0.29, 0.717) is 22.8 Å². The number of aromatic nitrogens is 3. The summed E-state index contributed by atoms with van der Waals surface area (Å²) in [7, 11) is 2.10. The molecule has 2 bridgehead atoms. The van der Waals surface area contributed by atoms with E-state index in [-0.39, 0.29) is 12.7 Å². The number of rotatable bonds is 12. The lowest BCUT2D eigenvalue weighted by Crippen LogP contribution is -2.66. The molecule has 39 heavy (non-hydrogen) atoms. The van der Waals surface area contributed by atoms with E-state index in [1.54, 1.807) is 0 Å². The zero-order valence-electron chi connectivity index (χ0n) is 22.6. The molecule has 4 aliphatic carbocycles. The maximum Gasteiger partial charge on any atom is 0.213 e. The van der Waals surface area contributed by atoms with Crippen molar-refractivity contribution in [2.75, 3.05) is 26.4 Å². The van der Waals surface area contributed by atoms with Gasteiger partial charge in [0, 0.05) is 79.6 Å². The number of pyridine rings is 2. The van der Waals surface area contributed by atoms with E-state index in [4.69, 9.17) is 19.3 Å². The Labute approximate surface area is 229 Å². The van der Waals surface area contributed by atoms with Gasteiger partial charge in [0.25, 0.3) is 0 Å². The highest BCUT2D eigenvalue weighted by molar-refractivity contribution is 6.08. The van der Waals surface area contributed by atoms with Crippen LogP contribution in [-0.4, -0.2) is 58.3 Å². The predicted molar refractivity (Wildman–Crippen MR) is 151 cm³/mol. The zero-order chi connectivity index (χ0) is 26.5. The van der Waals surface area contributed by atoms with Crippen LogP contribution in [0.15, 0.2) is 55.0 Å². The van der Waals surface area contributed by atoms with Crippen LogP contribution in [0, 0.1) is 10.8 Å². The second-order valence-corrected chi connectivity index (χ2v) is 12.2. The third kappa shape index (κ3) is 4.60. The molecule has 1 N–H and O–H groups in total. The van der Waals surface area contributed by atoms with Crippen molar-refractivity contribution in [1.29, 1.82) is 0 Å². The van der Waals surface area contributed by atoms with E-state index in [2.05, 4.69) is 51.9 Å². The molecular weight excluding hydrogens is 490 g/mol. The highest BCUT2D eigenvalue weighted by atomic mass is 16.5. The van der Waals surface area contributed by atoms with Crippen LogP contribution in [0.5, 0.6) is 5.88 Å². The summed E-state index contributed by atoms with van der Waals surface area (Å²) >= 11 is 0. The number of aliphatic hydroxyl groups excluding tert-OH is 1. The van der Waals surface area contributed by atoms with E-state index in [9.17, 15) is 0 Å². The van der Waals surface area contributed by atoms with Crippen LogP contribution in [0.1, 0.15) is 44.9 Å². The fourth-order valence-corrected chi connectivity index (χ4v) is 7.21. The van der Waals surface area contributed by atoms with Gasteiger partial charge in [-0.05, 0) is 66.7 Å². The van der Waals surface area contributed by atoms with Crippen molar-refractivity contribution in [3.63, 3.8) is 0 Å². The Balaban J connectivity index is 0.868. The summed E-state index contributed by atoms with van der Waals surface area (Å²) in [6, 6.07) is 12.7. The van der Waals surface area contributed by atoms with Crippen molar-refractivity contribution >= 4 is 21.8 Å². The predicted octanol–water partition coefficient (Wildman–Crippen LogP) is 5.67. The van der Waals surface area contributed by atoms with Gasteiger partial charge in [-0.3, -0.25) is 4.98 Å². The summed E-state index contributed by atoms with van der Waals surface area (Å²) in [4.78, 5) is 8.90. The summed E-state index contributed by atoms with van der Waals surface area (Å²) in [5, 5.41) is 11.3. The SMILES string of the molecule is Cn1c2ccncc2c2ccc(-c3ccc(OC4CC(OCC56CC(COCCCCO)(C5)C6)C4)nc3)cc21. The van der Waals surface area contributed by atoms with E-state index in [0.717, 1.165) is 56.6 Å². The normalized spacial score (nSPS) is 27.2. The summed E-state index contributed by atoms with van der Waals surface area (Å²) < 4.78 is 20.5. The van der Waals surface area contributed by atoms with E-state index < -0.39 is 0 Å². The quantitative estimate of drug-likeness (QED) is 0.239. The number of hydrogen-bond donors (Lipinski definition) is 1. The molecule has 0 aliphatic heterocycles. The molecule has 7 nitrogen and oxygen atoms in total. The molecule has 4 fully saturated rings. The van der Waals surface area contributed by atoms with Gasteiger partial charge in [0.1, 0.15) is 6.10 Å². The first-order chi connectivity index (χ1) is 19.1. The molecule has 204 valence electrons. The van der Waals surface area contributed by atoms with Gasteiger partial charge in [-0.15, -0.1) is 0 Å². The Kier molecular flexibility index (Phi) is 6.33. The average molecular weight is 528 g/mol. The Morgan fingerprint density at radius 2 is 1.72 bits per heavy atom. The molecule has 4 aromatic rings. The van der Waals surface area contributed by atoms with Gasteiger partial charge in [0.05, 0.1) is 24.8 Å². The highest BCUT2D eigenvalue weighted by Gasteiger charge is 2.67. The van der Waals surface area contributed by atoms with Crippen LogP contribution in [0.25, 0.3) is 32.9 Å². The number of unbranched alkanes of at least 4 members (excludes halogenated alkanes) is 1. The van der Waals surface area contributed by atoms with Crippen molar-refractivity contribution in [1.82, 2.24) is 14.5 Å². The minimum Gasteiger partial charge on any atom is -0.474 e. The lowest BCUT2D eigenvalue weighted by molar-refractivity contribution is -0.263. The molecule has 4 saturated carbocycles. The standard InChI is InChI=1S/C32H37N3O4/c1-35-28-8-9-33-16-27(28)26-6-4-22(12-29(26)35)23-5-7-30(34-15-23)39-25-13-24(14-25)38-21-32-17-31(18-32,19-32)20-37-11-3-2-10-36/h4-9,12,15-16,24-25,36H,2-3,10-11,13-14,17-21H2,1H3. The first-order valence-corrected chi connectivity index (χ1v) is 14.3. The van der Waals surface area contributed by atoms with Crippen LogP contribution >= 0.6 is 0 Å². The van der Waals surface area contributed by atoms with Crippen molar-refractivity contribution in [3.05, 3.63) is 55.0 Å². The topological polar surface area (TPSA) is 78.6 Å². The summed E-state index contributed by atoms with van der Waals surface area (Å²) in [5.74, 6) is 0.680. The number of aryl methyl sites for hydroxylation is 1. The molecule has 0 atom stereocenters.